The van der Waals surface area contributed by atoms with Gasteiger partial charge < -0.3 is 23.7 Å². The normalized spacial score (nSPS) is 14.6. The number of rotatable bonds is 12. The van der Waals surface area contributed by atoms with Gasteiger partial charge in [0.05, 0.1) is 49.4 Å². The molecule has 0 saturated carbocycles. The van der Waals surface area contributed by atoms with Crippen LogP contribution in [0.15, 0.2) is 12.1 Å². The van der Waals surface area contributed by atoms with Crippen LogP contribution in [0.1, 0.15) is 28.2 Å². The zero-order chi connectivity index (χ0) is 20.0. The van der Waals surface area contributed by atoms with Gasteiger partial charge in [0, 0.05) is 42.4 Å². The van der Waals surface area contributed by atoms with E-state index in [4.69, 9.17) is 23.7 Å². The van der Waals surface area contributed by atoms with Crippen LogP contribution in [0.2, 0.25) is 0 Å². The molecule has 0 radical (unpaired) electrons. The van der Waals surface area contributed by atoms with Crippen molar-refractivity contribution in [2.24, 2.45) is 0 Å². The van der Waals surface area contributed by atoms with Gasteiger partial charge in [-0.15, -0.1) is 22.7 Å². The summed E-state index contributed by atoms with van der Waals surface area (Å²) in [6, 6.07) is 4.44. The second kappa shape index (κ2) is 10.2. The molecule has 0 aromatic carbocycles. The molecule has 0 fully saturated rings. The first-order valence-electron chi connectivity index (χ1n) is 9.64. The van der Waals surface area contributed by atoms with Crippen molar-refractivity contribution in [3.63, 3.8) is 0 Å². The first-order chi connectivity index (χ1) is 13.6. The van der Waals surface area contributed by atoms with E-state index in [2.05, 4.69) is 26.0 Å². The number of thiophene rings is 2. The maximum absolute atomic E-state index is 6.69. The summed E-state index contributed by atoms with van der Waals surface area (Å²) < 4.78 is 28.5. The Morgan fingerprint density at radius 1 is 0.786 bits per heavy atom. The zero-order valence-electron chi connectivity index (χ0n) is 17.2. The minimum Gasteiger partial charge on any atom is -0.481 e. The number of hydrogen-bond donors (Lipinski definition) is 0. The lowest BCUT2D eigenvalue weighted by molar-refractivity contribution is -0.0235. The van der Waals surface area contributed by atoms with E-state index in [0.717, 1.165) is 18.6 Å². The summed E-state index contributed by atoms with van der Waals surface area (Å²) in [5.74, 6) is 0.991. The molecule has 7 heteroatoms. The van der Waals surface area contributed by atoms with Crippen LogP contribution < -0.4 is 4.74 Å². The fourth-order valence-corrected chi connectivity index (χ4v) is 5.66. The third kappa shape index (κ3) is 4.96. The molecule has 1 aliphatic heterocycles. The molecule has 0 bridgehead atoms. The molecule has 1 aliphatic rings. The second-order valence-corrected chi connectivity index (χ2v) is 9.47. The summed E-state index contributed by atoms with van der Waals surface area (Å²) in [6.07, 6.45) is 1.56. The maximum Gasteiger partial charge on any atom is 0.140 e. The van der Waals surface area contributed by atoms with Crippen molar-refractivity contribution in [2.75, 3.05) is 53.9 Å². The predicted octanol–water partition coefficient (Wildman–Crippen LogP) is 4.79. The lowest BCUT2D eigenvalue weighted by atomic mass is 9.85. The molecule has 0 N–H and O–H groups in total. The van der Waals surface area contributed by atoms with Crippen LogP contribution in [0, 0.1) is 13.8 Å². The molecule has 156 valence electrons. The lowest BCUT2D eigenvalue weighted by Gasteiger charge is -2.38. The Morgan fingerprint density at radius 2 is 1.36 bits per heavy atom. The van der Waals surface area contributed by atoms with Crippen LogP contribution in [-0.2, 0) is 24.5 Å². The highest BCUT2D eigenvalue weighted by Crippen LogP contribution is 2.54. The number of aryl methyl sites for hydroxylation is 2. The van der Waals surface area contributed by atoms with E-state index >= 15 is 0 Å². The molecule has 3 rings (SSSR count). The smallest absolute Gasteiger partial charge is 0.140 e. The van der Waals surface area contributed by atoms with Crippen molar-refractivity contribution < 1.29 is 23.7 Å². The van der Waals surface area contributed by atoms with Gasteiger partial charge in [0.15, 0.2) is 0 Å². The Labute approximate surface area is 175 Å². The Bertz CT molecular complexity index is 738. The Balaban J connectivity index is 1.82. The minimum atomic E-state index is -0.430. The van der Waals surface area contributed by atoms with Crippen LogP contribution in [0.25, 0.3) is 9.75 Å². The number of ether oxygens (including phenoxy) is 5. The third-order valence-electron chi connectivity index (χ3n) is 4.84. The van der Waals surface area contributed by atoms with Gasteiger partial charge in [-0.25, -0.2) is 0 Å². The highest BCUT2D eigenvalue weighted by molar-refractivity contribution is 7.22. The van der Waals surface area contributed by atoms with Crippen LogP contribution in [0.3, 0.4) is 0 Å². The summed E-state index contributed by atoms with van der Waals surface area (Å²) in [5, 5.41) is 0. The number of methoxy groups -OCH3 is 2. The lowest BCUT2D eigenvalue weighted by Crippen LogP contribution is -2.38. The summed E-state index contributed by atoms with van der Waals surface area (Å²) in [7, 11) is 3.38. The summed E-state index contributed by atoms with van der Waals surface area (Å²) in [5.41, 5.74) is 0.843. The standard InChI is InChI=1S/C21H30O5S2/c1-15-13-17-19(27-15)20-18(14-16(2)28-20)26-21(17,5-7-24-11-9-22-3)6-8-25-12-10-23-4/h13-14H,5-12H2,1-4H3. The third-order valence-corrected chi connectivity index (χ3v) is 7.09. The van der Waals surface area contributed by atoms with Gasteiger partial charge in [0.1, 0.15) is 11.4 Å². The van der Waals surface area contributed by atoms with Crippen molar-refractivity contribution in [1.29, 1.82) is 0 Å². The van der Waals surface area contributed by atoms with Gasteiger partial charge >= 0.3 is 0 Å². The molecule has 0 spiro atoms. The Morgan fingerprint density at radius 3 is 1.96 bits per heavy atom. The summed E-state index contributed by atoms with van der Waals surface area (Å²) in [4.78, 5) is 5.16. The molecule has 0 saturated heterocycles. The Kier molecular flexibility index (Phi) is 7.91. The van der Waals surface area contributed by atoms with Gasteiger partial charge in [-0.3, -0.25) is 0 Å². The molecule has 0 unspecified atom stereocenters. The largest absolute Gasteiger partial charge is 0.481 e. The SMILES string of the molecule is COCCOCCC1(CCOCCOC)Oc2cc(C)sc2-c2sc(C)cc21. The van der Waals surface area contributed by atoms with Crippen molar-refractivity contribution in [3.8, 4) is 15.5 Å². The van der Waals surface area contributed by atoms with E-state index in [1.807, 2.05) is 11.3 Å². The van der Waals surface area contributed by atoms with E-state index in [-0.39, 0.29) is 0 Å². The maximum atomic E-state index is 6.69. The number of fused-ring (bicyclic) bond motifs is 3. The summed E-state index contributed by atoms with van der Waals surface area (Å²) in [6.45, 7) is 7.93. The van der Waals surface area contributed by atoms with E-state index < -0.39 is 5.60 Å². The van der Waals surface area contributed by atoms with Crippen LogP contribution >= 0.6 is 22.7 Å². The molecular formula is C21H30O5S2. The first kappa shape index (κ1) is 21.7. The van der Waals surface area contributed by atoms with Gasteiger partial charge in [0.25, 0.3) is 0 Å². The second-order valence-electron chi connectivity index (χ2n) is 6.96. The van der Waals surface area contributed by atoms with Crippen molar-refractivity contribution in [3.05, 3.63) is 27.5 Å². The average molecular weight is 427 g/mol. The highest BCUT2D eigenvalue weighted by Gasteiger charge is 2.42. The van der Waals surface area contributed by atoms with Crippen molar-refractivity contribution in [1.82, 2.24) is 0 Å². The molecule has 0 aliphatic carbocycles. The van der Waals surface area contributed by atoms with Crippen molar-refractivity contribution in [2.45, 2.75) is 32.3 Å². The van der Waals surface area contributed by atoms with Gasteiger partial charge in [-0.05, 0) is 26.0 Å². The summed E-state index contributed by atoms with van der Waals surface area (Å²) >= 11 is 3.66. The quantitative estimate of drug-likeness (QED) is 0.457. The van der Waals surface area contributed by atoms with Gasteiger partial charge in [-0.1, -0.05) is 0 Å². The molecule has 0 amide bonds. The molecule has 2 aromatic heterocycles. The van der Waals surface area contributed by atoms with Crippen LogP contribution in [-0.4, -0.2) is 53.9 Å². The first-order valence-corrected chi connectivity index (χ1v) is 11.3. The topological polar surface area (TPSA) is 46.2 Å². The van der Waals surface area contributed by atoms with E-state index in [9.17, 15) is 0 Å². The Hall–Kier alpha value is -0.960. The van der Waals surface area contributed by atoms with E-state index in [0.29, 0.717) is 39.6 Å². The number of hydrogen-bond acceptors (Lipinski definition) is 7. The average Bonchev–Trinajstić information content (AvgIpc) is 3.23. The molecular weight excluding hydrogens is 396 g/mol. The molecule has 0 atom stereocenters. The minimum absolute atomic E-state index is 0.430. The van der Waals surface area contributed by atoms with E-state index in [1.54, 1.807) is 25.6 Å². The highest BCUT2D eigenvalue weighted by atomic mass is 32.1. The molecule has 2 aromatic rings. The predicted molar refractivity (Wildman–Crippen MR) is 114 cm³/mol. The monoisotopic (exact) mass is 426 g/mol. The van der Waals surface area contributed by atoms with Crippen molar-refractivity contribution >= 4 is 22.7 Å². The van der Waals surface area contributed by atoms with Crippen LogP contribution in [0.4, 0.5) is 0 Å². The van der Waals surface area contributed by atoms with Gasteiger partial charge in [-0.2, -0.15) is 0 Å². The fourth-order valence-electron chi connectivity index (χ4n) is 3.47. The molecule has 28 heavy (non-hydrogen) atoms. The molecule has 5 nitrogen and oxygen atoms in total. The van der Waals surface area contributed by atoms with Crippen LogP contribution in [0.5, 0.6) is 5.75 Å². The zero-order valence-corrected chi connectivity index (χ0v) is 18.8. The fraction of sp³-hybridized carbons (Fsp3) is 0.619. The molecule has 3 heterocycles. The van der Waals surface area contributed by atoms with Gasteiger partial charge in [0.2, 0.25) is 0 Å². The van der Waals surface area contributed by atoms with E-state index in [1.165, 1.54) is 25.1 Å².